The lowest BCUT2D eigenvalue weighted by Gasteiger charge is -2.15. The second-order valence-electron chi connectivity index (χ2n) is 5.82. The number of rotatable bonds is 3. The first-order chi connectivity index (χ1) is 9.71. The van der Waals surface area contributed by atoms with E-state index in [1.807, 2.05) is 45.0 Å². The van der Waals surface area contributed by atoms with E-state index < -0.39 is 11.4 Å². The SMILES string of the molecule is CC(C)(C)c1nn(Cc2ccccc2Br)c(Cl)c1C(=O)O. The number of halogens is 2. The van der Waals surface area contributed by atoms with Crippen molar-refractivity contribution in [3.8, 4) is 0 Å². The van der Waals surface area contributed by atoms with Crippen molar-refractivity contribution in [1.29, 1.82) is 0 Å². The predicted molar refractivity (Wildman–Crippen MR) is 86.1 cm³/mol. The number of carboxylic acids is 1. The van der Waals surface area contributed by atoms with E-state index >= 15 is 0 Å². The topological polar surface area (TPSA) is 55.1 Å². The zero-order valence-corrected chi connectivity index (χ0v) is 14.4. The average molecular weight is 372 g/mol. The molecule has 0 fully saturated rings. The van der Waals surface area contributed by atoms with Gasteiger partial charge in [0, 0.05) is 9.89 Å². The van der Waals surface area contributed by atoms with Crippen LogP contribution >= 0.6 is 27.5 Å². The molecular weight excluding hydrogens is 356 g/mol. The Labute approximate surface area is 136 Å². The molecule has 0 aliphatic rings. The van der Waals surface area contributed by atoms with Gasteiger partial charge < -0.3 is 5.11 Å². The van der Waals surface area contributed by atoms with E-state index in [1.54, 1.807) is 0 Å². The highest BCUT2D eigenvalue weighted by molar-refractivity contribution is 9.10. The summed E-state index contributed by atoms with van der Waals surface area (Å²) in [6.45, 7) is 6.17. The molecule has 0 aliphatic heterocycles. The normalized spacial score (nSPS) is 11.7. The number of carbonyl (C=O) groups is 1. The average Bonchev–Trinajstić information content (AvgIpc) is 2.70. The second kappa shape index (κ2) is 5.81. The van der Waals surface area contributed by atoms with Crippen molar-refractivity contribution >= 4 is 33.5 Å². The van der Waals surface area contributed by atoms with Gasteiger partial charge in [-0.25, -0.2) is 9.48 Å². The van der Waals surface area contributed by atoms with Crippen LogP contribution in [0.5, 0.6) is 0 Å². The van der Waals surface area contributed by atoms with Gasteiger partial charge in [0.15, 0.2) is 0 Å². The third kappa shape index (κ3) is 3.30. The fourth-order valence-corrected chi connectivity index (χ4v) is 2.73. The minimum absolute atomic E-state index is 0.0798. The summed E-state index contributed by atoms with van der Waals surface area (Å²) in [6.07, 6.45) is 0. The number of benzene rings is 1. The molecule has 0 radical (unpaired) electrons. The standard InChI is InChI=1S/C15H16BrClN2O2/c1-15(2,3)12-11(14(20)21)13(17)19(18-12)8-9-6-4-5-7-10(9)16/h4-7H,8H2,1-3H3,(H,20,21). The summed E-state index contributed by atoms with van der Waals surface area (Å²) in [4.78, 5) is 11.5. The number of hydrogen-bond donors (Lipinski definition) is 1. The first-order valence-electron chi connectivity index (χ1n) is 6.45. The number of aromatic nitrogens is 2. The maximum atomic E-state index is 11.5. The van der Waals surface area contributed by atoms with E-state index in [0.717, 1.165) is 10.0 Å². The molecule has 0 saturated carbocycles. The van der Waals surface area contributed by atoms with Gasteiger partial charge >= 0.3 is 5.97 Å². The van der Waals surface area contributed by atoms with Crippen LogP contribution in [-0.2, 0) is 12.0 Å². The van der Waals surface area contributed by atoms with E-state index in [-0.39, 0.29) is 10.7 Å². The first-order valence-corrected chi connectivity index (χ1v) is 7.62. The Morgan fingerprint density at radius 3 is 2.48 bits per heavy atom. The van der Waals surface area contributed by atoms with Crippen LogP contribution in [0.2, 0.25) is 5.15 Å². The van der Waals surface area contributed by atoms with Gasteiger partial charge in [0.1, 0.15) is 10.7 Å². The summed E-state index contributed by atoms with van der Waals surface area (Å²) in [7, 11) is 0. The molecule has 0 amide bonds. The largest absolute Gasteiger partial charge is 0.478 e. The van der Waals surface area contributed by atoms with Crippen molar-refractivity contribution in [2.75, 3.05) is 0 Å². The molecule has 112 valence electrons. The molecule has 4 nitrogen and oxygen atoms in total. The number of nitrogens with zero attached hydrogens (tertiary/aromatic N) is 2. The van der Waals surface area contributed by atoms with Crippen LogP contribution in [0, 0.1) is 0 Å². The van der Waals surface area contributed by atoms with Gasteiger partial charge in [-0.05, 0) is 11.6 Å². The number of carboxylic acid groups (broad SMARTS) is 1. The Hall–Kier alpha value is -1.33. The van der Waals surface area contributed by atoms with Crippen LogP contribution in [0.15, 0.2) is 28.7 Å². The zero-order chi connectivity index (χ0) is 15.8. The summed E-state index contributed by atoms with van der Waals surface area (Å²) in [6, 6.07) is 7.70. The van der Waals surface area contributed by atoms with E-state index in [1.165, 1.54) is 4.68 Å². The van der Waals surface area contributed by atoms with Crippen molar-refractivity contribution in [1.82, 2.24) is 9.78 Å². The van der Waals surface area contributed by atoms with Crippen molar-refractivity contribution in [3.63, 3.8) is 0 Å². The van der Waals surface area contributed by atoms with E-state index in [2.05, 4.69) is 21.0 Å². The van der Waals surface area contributed by atoms with Crippen molar-refractivity contribution in [2.24, 2.45) is 0 Å². The van der Waals surface area contributed by atoms with Gasteiger partial charge in [-0.3, -0.25) is 0 Å². The smallest absolute Gasteiger partial charge is 0.340 e. The first kappa shape index (κ1) is 16.0. The Kier molecular flexibility index (Phi) is 4.44. The minimum atomic E-state index is -1.05. The third-order valence-electron chi connectivity index (χ3n) is 3.09. The number of hydrogen-bond acceptors (Lipinski definition) is 2. The lowest BCUT2D eigenvalue weighted by Crippen LogP contribution is -2.17. The molecule has 1 aromatic carbocycles. The highest BCUT2D eigenvalue weighted by atomic mass is 79.9. The molecule has 1 heterocycles. The van der Waals surface area contributed by atoms with Crippen molar-refractivity contribution in [2.45, 2.75) is 32.7 Å². The zero-order valence-electron chi connectivity index (χ0n) is 12.0. The summed E-state index contributed by atoms with van der Waals surface area (Å²) < 4.78 is 2.47. The Morgan fingerprint density at radius 2 is 2.00 bits per heavy atom. The maximum absolute atomic E-state index is 11.5. The highest BCUT2D eigenvalue weighted by Gasteiger charge is 2.30. The van der Waals surface area contributed by atoms with Gasteiger partial charge in [0.25, 0.3) is 0 Å². The maximum Gasteiger partial charge on any atom is 0.340 e. The molecule has 0 unspecified atom stereocenters. The van der Waals surface area contributed by atoms with E-state index in [9.17, 15) is 9.90 Å². The van der Waals surface area contributed by atoms with Crippen molar-refractivity contribution in [3.05, 3.63) is 50.7 Å². The van der Waals surface area contributed by atoms with Crippen molar-refractivity contribution < 1.29 is 9.90 Å². The molecule has 6 heteroatoms. The van der Waals surface area contributed by atoms with Crippen LogP contribution in [-0.4, -0.2) is 20.9 Å². The molecule has 0 atom stereocenters. The molecule has 1 aromatic heterocycles. The van der Waals surface area contributed by atoms with E-state index in [4.69, 9.17) is 11.6 Å². The third-order valence-corrected chi connectivity index (χ3v) is 4.25. The van der Waals surface area contributed by atoms with E-state index in [0.29, 0.717) is 12.2 Å². The lowest BCUT2D eigenvalue weighted by molar-refractivity contribution is 0.0694. The van der Waals surface area contributed by atoms with Gasteiger partial charge in [-0.2, -0.15) is 5.10 Å². The lowest BCUT2D eigenvalue weighted by atomic mass is 9.89. The molecule has 2 rings (SSSR count). The predicted octanol–water partition coefficient (Wildman–Crippen LogP) is 4.34. The molecule has 0 saturated heterocycles. The van der Waals surface area contributed by atoms with Crippen LogP contribution in [0.4, 0.5) is 0 Å². The highest BCUT2D eigenvalue weighted by Crippen LogP contribution is 2.31. The summed E-state index contributed by atoms with van der Waals surface area (Å²) in [5.74, 6) is -1.05. The molecule has 0 aliphatic carbocycles. The summed E-state index contributed by atoms with van der Waals surface area (Å²) in [5.41, 5.74) is 1.17. The van der Waals surface area contributed by atoms with Gasteiger partial charge in [-0.15, -0.1) is 0 Å². The number of aromatic carboxylic acids is 1. The fraction of sp³-hybridized carbons (Fsp3) is 0.333. The van der Waals surface area contributed by atoms with Crippen LogP contribution in [0.1, 0.15) is 42.4 Å². The monoisotopic (exact) mass is 370 g/mol. The minimum Gasteiger partial charge on any atom is -0.478 e. The molecule has 1 N–H and O–H groups in total. The Morgan fingerprint density at radius 1 is 1.38 bits per heavy atom. The van der Waals surface area contributed by atoms with Gasteiger partial charge in [0.05, 0.1) is 12.2 Å². The molecule has 2 aromatic rings. The van der Waals surface area contributed by atoms with Gasteiger partial charge in [0.2, 0.25) is 0 Å². The molecule has 0 bridgehead atoms. The van der Waals surface area contributed by atoms with Gasteiger partial charge in [-0.1, -0.05) is 66.5 Å². The summed E-state index contributed by atoms with van der Waals surface area (Å²) >= 11 is 9.71. The van der Waals surface area contributed by atoms with Crippen LogP contribution in [0.3, 0.4) is 0 Å². The Bertz CT molecular complexity index is 689. The molecule has 0 spiro atoms. The molecule has 21 heavy (non-hydrogen) atoms. The molecular formula is C15H16BrClN2O2. The van der Waals surface area contributed by atoms with Crippen LogP contribution in [0.25, 0.3) is 0 Å². The Balaban J connectivity index is 2.51. The second-order valence-corrected chi connectivity index (χ2v) is 7.03. The fourth-order valence-electron chi connectivity index (χ4n) is 2.05. The summed E-state index contributed by atoms with van der Waals surface area (Å²) in [5, 5.41) is 14.0. The van der Waals surface area contributed by atoms with Crippen LogP contribution < -0.4 is 0 Å². The quantitative estimate of drug-likeness (QED) is 0.873.